The molecule has 0 fully saturated rings. The number of pyridine rings is 1. The molecule has 0 saturated carbocycles. The largest absolute Gasteiger partial charge is 0.497 e. The Kier molecular flexibility index (Phi) is 3.50. The number of methoxy groups -OCH3 is 1. The van der Waals surface area contributed by atoms with Gasteiger partial charge in [0.05, 0.1) is 18.5 Å². The molecule has 0 atom stereocenters. The van der Waals surface area contributed by atoms with Crippen LogP contribution in [0.3, 0.4) is 0 Å². The summed E-state index contributed by atoms with van der Waals surface area (Å²) >= 11 is 1.78. The van der Waals surface area contributed by atoms with Crippen molar-refractivity contribution < 1.29 is 4.74 Å². The molecule has 2 nitrogen and oxygen atoms in total. The van der Waals surface area contributed by atoms with Crippen molar-refractivity contribution in [2.75, 3.05) is 13.4 Å². The van der Waals surface area contributed by atoms with Crippen molar-refractivity contribution in [2.45, 2.75) is 4.90 Å². The van der Waals surface area contributed by atoms with Crippen LogP contribution < -0.4 is 4.74 Å². The number of aromatic nitrogens is 1. The van der Waals surface area contributed by atoms with Gasteiger partial charge in [-0.15, -0.1) is 11.8 Å². The second kappa shape index (κ2) is 5.89. The molecule has 5 rings (SSSR count). The van der Waals surface area contributed by atoms with Crippen molar-refractivity contribution in [1.29, 1.82) is 0 Å². The molecule has 26 heavy (non-hydrogen) atoms. The highest BCUT2D eigenvalue weighted by atomic mass is 32.2. The predicted octanol–water partition coefficient (Wildman–Crippen LogP) is 6.28. The van der Waals surface area contributed by atoms with Crippen LogP contribution in [0, 0.1) is 0 Å². The molecular formula is C23H17NOS. The van der Waals surface area contributed by atoms with Crippen molar-refractivity contribution in [3.05, 3.63) is 66.7 Å². The first kappa shape index (κ1) is 15.5. The molecule has 0 radical (unpaired) electrons. The van der Waals surface area contributed by atoms with Gasteiger partial charge in [0.25, 0.3) is 0 Å². The molecule has 0 N–H and O–H groups in total. The van der Waals surface area contributed by atoms with Gasteiger partial charge in [-0.3, -0.25) is 0 Å². The molecule has 1 aliphatic carbocycles. The highest BCUT2D eigenvalue weighted by Crippen LogP contribution is 2.50. The second-order valence-corrected chi connectivity index (χ2v) is 7.22. The van der Waals surface area contributed by atoms with Crippen molar-refractivity contribution in [2.24, 2.45) is 0 Å². The topological polar surface area (TPSA) is 22.1 Å². The number of thioether (sulfide) groups is 1. The number of fused-ring (bicyclic) bond motifs is 3. The lowest BCUT2D eigenvalue weighted by Gasteiger charge is -2.11. The van der Waals surface area contributed by atoms with Crippen LogP contribution in [0.2, 0.25) is 0 Å². The minimum atomic E-state index is 0.858. The van der Waals surface area contributed by atoms with E-state index in [4.69, 9.17) is 9.72 Å². The quantitative estimate of drug-likeness (QED) is 0.356. The fourth-order valence-corrected chi connectivity index (χ4v) is 4.43. The fourth-order valence-electron chi connectivity index (χ4n) is 3.79. The zero-order valence-electron chi connectivity index (χ0n) is 14.6. The molecule has 0 unspecified atom stereocenters. The summed E-state index contributed by atoms with van der Waals surface area (Å²) in [7, 11) is 1.69. The van der Waals surface area contributed by atoms with Crippen LogP contribution >= 0.6 is 11.8 Å². The number of hydrogen-bond acceptors (Lipinski definition) is 3. The summed E-state index contributed by atoms with van der Waals surface area (Å²) in [6.45, 7) is 0. The van der Waals surface area contributed by atoms with E-state index in [2.05, 4.69) is 60.9 Å². The molecule has 3 heteroatoms. The monoisotopic (exact) mass is 355 g/mol. The Morgan fingerprint density at radius 3 is 2.31 bits per heavy atom. The van der Waals surface area contributed by atoms with Crippen molar-refractivity contribution in [1.82, 2.24) is 4.98 Å². The third kappa shape index (κ3) is 2.17. The van der Waals surface area contributed by atoms with E-state index < -0.39 is 0 Å². The molecule has 0 spiro atoms. The Morgan fingerprint density at radius 1 is 0.885 bits per heavy atom. The van der Waals surface area contributed by atoms with Crippen LogP contribution in [-0.4, -0.2) is 18.3 Å². The van der Waals surface area contributed by atoms with Gasteiger partial charge < -0.3 is 4.74 Å². The van der Waals surface area contributed by atoms with Crippen molar-refractivity contribution in [3.63, 3.8) is 0 Å². The average molecular weight is 355 g/mol. The van der Waals surface area contributed by atoms with Gasteiger partial charge in [0.15, 0.2) is 0 Å². The van der Waals surface area contributed by atoms with Crippen molar-refractivity contribution in [3.8, 4) is 39.4 Å². The molecule has 0 aliphatic heterocycles. The van der Waals surface area contributed by atoms with E-state index in [1.165, 1.54) is 32.4 Å². The Bertz CT molecular complexity index is 1140. The molecule has 1 aliphatic rings. The molecule has 0 saturated heterocycles. The van der Waals surface area contributed by atoms with Gasteiger partial charge >= 0.3 is 0 Å². The summed E-state index contributed by atoms with van der Waals surface area (Å²) in [4.78, 5) is 6.34. The fraction of sp³-hybridized carbons (Fsp3) is 0.0870. The molecular weight excluding hydrogens is 338 g/mol. The lowest BCUT2D eigenvalue weighted by molar-refractivity contribution is 0.415. The first-order valence-corrected chi connectivity index (χ1v) is 9.78. The lowest BCUT2D eigenvalue weighted by atomic mass is 10.0. The second-order valence-electron chi connectivity index (χ2n) is 6.37. The van der Waals surface area contributed by atoms with Gasteiger partial charge in [0, 0.05) is 21.6 Å². The zero-order valence-corrected chi connectivity index (χ0v) is 15.4. The van der Waals surface area contributed by atoms with E-state index in [-0.39, 0.29) is 0 Å². The van der Waals surface area contributed by atoms with Crippen LogP contribution in [-0.2, 0) is 0 Å². The van der Waals surface area contributed by atoms with E-state index in [0.29, 0.717) is 0 Å². The Labute approximate surface area is 156 Å². The van der Waals surface area contributed by atoms with E-state index in [9.17, 15) is 0 Å². The van der Waals surface area contributed by atoms with Crippen LogP contribution in [0.15, 0.2) is 71.6 Å². The van der Waals surface area contributed by atoms with Gasteiger partial charge in [0.1, 0.15) is 5.75 Å². The average Bonchev–Trinajstić information content (AvgIpc) is 3.04. The minimum Gasteiger partial charge on any atom is -0.497 e. The minimum absolute atomic E-state index is 0.858. The first-order valence-electron chi connectivity index (χ1n) is 8.56. The van der Waals surface area contributed by atoms with Crippen LogP contribution in [0.5, 0.6) is 5.75 Å². The SMILES string of the molecule is COc1ccc(-c2cc(SC)c3c(n2)-c2cccc4cccc-3c24)cc1. The molecule has 3 aromatic carbocycles. The maximum Gasteiger partial charge on any atom is 0.118 e. The molecule has 4 aromatic rings. The van der Waals surface area contributed by atoms with E-state index in [1.807, 2.05) is 12.1 Å². The molecule has 0 bridgehead atoms. The van der Waals surface area contributed by atoms with E-state index >= 15 is 0 Å². The molecule has 126 valence electrons. The Balaban J connectivity index is 1.78. The third-order valence-electron chi connectivity index (χ3n) is 5.02. The molecule has 1 aromatic heterocycles. The Morgan fingerprint density at radius 2 is 1.62 bits per heavy atom. The standard InChI is InChI=1S/C23H17NOS/c1-25-16-11-9-14(10-12-16)19-13-20(26-2)22-17-7-3-5-15-6-4-8-18(21(15)17)23(22)24-19/h3-13H,1-2H3. The highest BCUT2D eigenvalue weighted by Gasteiger charge is 2.25. The van der Waals surface area contributed by atoms with Gasteiger partial charge in [-0.1, -0.05) is 36.4 Å². The Hall–Kier alpha value is -2.78. The van der Waals surface area contributed by atoms with Gasteiger partial charge in [-0.25, -0.2) is 4.98 Å². The molecule has 0 amide bonds. The number of hydrogen-bond donors (Lipinski definition) is 0. The maximum absolute atomic E-state index is 5.28. The number of rotatable bonds is 3. The van der Waals surface area contributed by atoms with Crippen LogP contribution in [0.1, 0.15) is 0 Å². The summed E-state index contributed by atoms with van der Waals surface area (Å²) in [6.07, 6.45) is 2.14. The smallest absolute Gasteiger partial charge is 0.118 e. The van der Waals surface area contributed by atoms with Gasteiger partial charge in [-0.05, 0) is 52.9 Å². The normalized spacial score (nSPS) is 11.6. The summed E-state index contributed by atoms with van der Waals surface area (Å²) < 4.78 is 5.28. The van der Waals surface area contributed by atoms with Gasteiger partial charge in [-0.2, -0.15) is 0 Å². The molecule has 1 heterocycles. The number of nitrogens with zero attached hydrogens (tertiary/aromatic N) is 1. The lowest BCUT2D eigenvalue weighted by Crippen LogP contribution is -1.91. The van der Waals surface area contributed by atoms with E-state index in [1.54, 1.807) is 18.9 Å². The summed E-state index contributed by atoms with van der Waals surface area (Å²) in [5.74, 6) is 0.858. The van der Waals surface area contributed by atoms with Gasteiger partial charge in [0.2, 0.25) is 0 Å². The van der Waals surface area contributed by atoms with Crippen LogP contribution in [0.25, 0.3) is 44.4 Å². The number of benzene rings is 3. The third-order valence-corrected chi connectivity index (χ3v) is 5.78. The zero-order chi connectivity index (χ0) is 17.7. The summed E-state index contributed by atoms with van der Waals surface area (Å²) in [6, 6.07) is 23.3. The summed E-state index contributed by atoms with van der Waals surface area (Å²) in [5, 5.41) is 2.59. The number of ether oxygens (including phenoxy) is 1. The van der Waals surface area contributed by atoms with Crippen LogP contribution in [0.4, 0.5) is 0 Å². The van der Waals surface area contributed by atoms with Crippen molar-refractivity contribution >= 4 is 22.5 Å². The predicted molar refractivity (Wildman–Crippen MR) is 110 cm³/mol. The summed E-state index contributed by atoms with van der Waals surface area (Å²) in [5.41, 5.74) is 6.99. The van der Waals surface area contributed by atoms with E-state index in [0.717, 1.165) is 22.7 Å². The highest BCUT2D eigenvalue weighted by molar-refractivity contribution is 7.98. The first-order chi connectivity index (χ1) is 12.8. The maximum atomic E-state index is 5.28.